The maximum absolute atomic E-state index is 5.42. The largest absolute Gasteiger partial charge is 0.496 e. The minimum absolute atomic E-state index is 0.528. The molecular weight excluding hydrogens is 340 g/mol. The Morgan fingerprint density at radius 1 is 1.30 bits per heavy atom. The Kier molecular flexibility index (Phi) is 9.42. The molecule has 0 radical (unpaired) electrons. The Labute approximate surface area is 164 Å². The fraction of sp³-hybridized carbons (Fsp3) is 0.667. The van der Waals surface area contributed by atoms with E-state index in [4.69, 9.17) is 14.5 Å². The van der Waals surface area contributed by atoms with Gasteiger partial charge in [0.25, 0.3) is 0 Å². The van der Waals surface area contributed by atoms with Crippen LogP contribution in [0.5, 0.6) is 5.75 Å². The molecule has 1 atom stereocenters. The van der Waals surface area contributed by atoms with E-state index in [1.807, 2.05) is 0 Å². The Morgan fingerprint density at radius 2 is 2.07 bits per heavy atom. The number of guanidine groups is 1. The molecule has 1 saturated heterocycles. The molecule has 1 aromatic carbocycles. The van der Waals surface area contributed by atoms with Crippen molar-refractivity contribution in [3.63, 3.8) is 0 Å². The third kappa shape index (κ3) is 7.77. The van der Waals surface area contributed by atoms with E-state index in [1.165, 1.54) is 11.1 Å². The van der Waals surface area contributed by atoms with Crippen molar-refractivity contribution in [2.45, 2.75) is 27.2 Å². The van der Waals surface area contributed by atoms with E-state index in [0.29, 0.717) is 5.92 Å². The zero-order valence-corrected chi connectivity index (χ0v) is 17.4. The standard InChI is InChI=1S/C21H36N4O2/c1-5-22-21(24-15-17(2)16-25-10-12-27-13-11-25)23-9-8-19-7-6-18(3)20(14-19)26-4/h6-7,14,17H,5,8-13,15-16H2,1-4H3,(H2,22,23,24). The van der Waals surface area contributed by atoms with Crippen molar-refractivity contribution in [3.8, 4) is 5.75 Å². The Balaban J connectivity index is 1.78. The fourth-order valence-electron chi connectivity index (χ4n) is 3.22. The van der Waals surface area contributed by atoms with Gasteiger partial charge in [0.2, 0.25) is 0 Å². The average Bonchev–Trinajstić information content (AvgIpc) is 2.68. The molecule has 0 amide bonds. The van der Waals surface area contributed by atoms with Crippen LogP contribution in [0.3, 0.4) is 0 Å². The molecule has 0 saturated carbocycles. The summed E-state index contributed by atoms with van der Waals surface area (Å²) in [6.07, 6.45) is 0.935. The zero-order chi connectivity index (χ0) is 19.5. The third-order valence-electron chi connectivity index (χ3n) is 4.76. The highest BCUT2D eigenvalue weighted by atomic mass is 16.5. The molecule has 0 aliphatic carbocycles. The van der Waals surface area contributed by atoms with E-state index in [2.05, 4.69) is 54.5 Å². The molecule has 1 aliphatic rings. The van der Waals surface area contributed by atoms with Crippen LogP contribution in [-0.2, 0) is 11.2 Å². The average molecular weight is 377 g/mol. The topological polar surface area (TPSA) is 58.1 Å². The molecule has 0 spiro atoms. The number of nitrogens with zero attached hydrogens (tertiary/aromatic N) is 2. The molecule has 1 heterocycles. The first kappa shape index (κ1) is 21.5. The van der Waals surface area contributed by atoms with Crippen molar-refractivity contribution >= 4 is 5.96 Å². The minimum Gasteiger partial charge on any atom is -0.496 e. The number of hydrogen-bond donors (Lipinski definition) is 2. The van der Waals surface area contributed by atoms with Crippen LogP contribution in [0.4, 0.5) is 0 Å². The lowest BCUT2D eigenvalue weighted by atomic mass is 10.1. The fourth-order valence-corrected chi connectivity index (χ4v) is 3.22. The van der Waals surface area contributed by atoms with Crippen molar-refractivity contribution in [3.05, 3.63) is 29.3 Å². The van der Waals surface area contributed by atoms with Crippen LogP contribution in [0.15, 0.2) is 23.2 Å². The second kappa shape index (κ2) is 11.8. The lowest BCUT2D eigenvalue weighted by molar-refractivity contribution is 0.0323. The predicted molar refractivity (Wildman–Crippen MR) is 112 cm³/mol. The number of aliphatic imine (C=N–C) groups is 1. The van der Waals surface area contributed by atoms with E-state index in [-0.39, 0.29) is 0 Å². The van der Waals surface area contributed by atoms with Crippen molar-refractivity contribution < 1.29 is 9.47 Å². The van der Waals surface area contributed by atoms with Gasteiger partial charge in [0.05, 0.1) is 20.3 Å². The van der Waals surface area contributed by atoms with Crippen LogP contribution in [0.1, 0.15) is 25.0 Å². The van der Waals surface area contributed by atoms with Crippen LogP contribution >= 0.6 is 0 Å². The number of aryl methyl sites for hydroxylation is 1. The van der Waals surface area contributed by atoms with E-state index < -0.39 is 0 Å². The van der Waals surface area contributed by atoms with E-state index in [0.717, 1.165) is 70.6 Å². The quantitative estimate of drug-likeness (QED) is 0.510. The maximum atomic E-state index is 5.42. The van der Waals surface area contributed by atoms with Gasteiger partial charge in [-0.25, -0.2) is 0 Å². The van der Waals surface area contributed by atoms with Gasteiger partial charge in [0.1, 0.15) is 5.75 Å². The first-order chi connectivity index (χ1) is 13.1. The van der Waals surface area contributed by atoms with Crippen molar-refractivity contribution in [1.82, 2.24) is 15.5 Å². The maximum Gasteiger partial charge on any atom is 0.191 e. The summed E-state index contributed by atoms with van der Waals surface area (Å²) >= 11 is 0. The Hall–Kier alpha value is -1.79. The second-order valence-corrected chi connectivity index (χ2v) is 7.22. The molecule has 6 nitrogen and oxygen atoms in total. The SMILES string of the molecule is CCNC(=NCC(C)CN1CCOCC1)NCCc1ccc(C)c(OC)c1. The molecule has 152 valence electrons. The molecular formula is C21H36N4O2. The summed E-state index contributed by atoms with van der Waals surface area (Å²) in [5, 5.41) is 6.78. The summed E-state index contributed by atoms with van der Waals surface area (Å²) < 4.78 is 10.8. The summed E-state index contributed by atoms with van der Waals surface area (Å²) in [4.78, 5) is 7.24. The van der Waals surface area contributed by atoms with Gasteiger partial charge in [0, 0.05) is 39.3 Å². The molecule has 1 aliphatic heterocycles. The van der Waals surface area contributed by atoms with Gasteiger partial charge < -0.3 is 20.1 Å². The van der Waals surface area contributed by atoms with Crippen molar-refractivity contribution in [2.24, 2.45) is 10.9 Å². The van der Waals surface area contributed by atoms with Crippen LogP contribution in [0, 0.1) is 12.8 Å². The monoisotopic (exact) mass is 376 g/mol. The normalized spacial score (nSPS) is 16.8. The number of nitrogens with one attached hydrogen (secondary N) is 2. The summed E-state index contributed by atoms with van der Waals surface area (Å²) in [7, 11) is 1.72. The van der Waals surface area contributed by atoms with Gasteiger partial charge in [0.15, 0.2) is 5.96 Å². The summed E-state index contributed by atoms with van der Waals surface area (Å²) in [6, 6.07) is 6.39. The first-order valence-corrected chi connectivity index (χ1v) is 10.1. The van der Waals surface area contributed by atoms with Crippen molar-refractivity contribution in [1.29, 1.82) is 0 Å². The molecule has 1 fully saturated rings. The van der Waals surface area contributed by atoms with Gasteiger partial charge in [-0.15, -0.1) is 0 Å². The van der Waals surface area contributed by atoms with Crippen molar-refractivity contribution in [2.75, 3.05) is 59.6 Å². The Bertz CT molecular complexity index is 586. The van der Waals surface area contributed by atoms with E-state index in [9.17, 15) is 0 Å². The lowest BCUT2D eigenvalue weighted by Crippen LogP contribution is -2.40. The van der Waals surface area contributed by atoms with Crippen LogP contribution in [-0.4, -0.2) is 70.5 Å². The van der Waals surface area contributed by atoms with Crippen LogP contribution in [0.2, 0.25) is 0 Å². The second-order valence-electron chi connectivity index (χ2n) is 7.22. The Morgan fingerprint density at radius 3 is 2.78 bits per heavy atom. The lowest BCUT2D eigenvalue weighted by Gasteiger charge is -2.28. The number of morpholine rings is 1. The summed E-state index contributed by atoms with van der Waals surface area (Å²) in [5.74, 6) is 2.37. The van der Waals surface area contributed by atoms with Crippen LogP contribution in [0.25, 0.3) is 0 Å². The third-order valence-corrected chi connectivity index (χ3v) is 4.76. The highest BCUT2D eigenvalue weighted by Crippen LogP contribution is 2.19. The zero-order valence-electron chi connectivity index (χ0n) is 17.4. The van der Waals surface area contributed by atoms with Crippen LogP contribution < -0.4 is 15.4 Å². The number of benzene rings is 1. The molecule has 1 unspecified atom stereocenters. The van der Waals surface area contributed by atoms with E-state index in [1.54, 1.807) is 7.11 Å². The summed E-state index contributed by atoms with van der Waals surface area (Å²) in [6.45, 7) is 13.8. The molecule has 2 N–H and O–H groups in total. The number of rotatable bonds is 9. The van der Waals surface area contributed by atoms with Gasteiger partial charge in [-0.1, -0.05) is 19.1 Å². The molecule has 1 aromatic rings. The van der Waals surface area contributed by atoms with Gasteiger partial charge >= 0.3 is 0 Å². The first-order valence-electron chi connectivity index (χ1n) is 10.1. The molecule has 27 heavy (non-hydrogen) atoms. The highest BCUT2D eigenvalue weighted by molar-refractivity contribution is 5.79. The minimum atomic E-state index is 0.528. The number of ether oxygens (including phenoxy) is 2. The number of methoxy groups -OCH3 is 1. The van der Waals surface area contributed by atoms with Gasteiger partial charge in [-0.05, 0) is 43.4 Å². The van der Waals surface area contributed by atoms with Gasteiger partial charge in [-0.3, -0.25) is 9.89 Å². The van der Waals surface area contributed by atoms with Gasteiger partial charge in [-0.2, -0.15) is 0 Å². The number of hydrogen-bond acceptors (Lipinski definition) is 4. The predicted octanol–water partition coefficient (Wildman–Crippen LogP) is 2.07. The van der Waals surface area contributed by atoms with E-state index >= 15 is 0 Å². The molecule has 6 heteroatoms. The smallest absolute Gasteiger partial charge is 0.191 e. The molecule has 0 aromatic heterocycles. The molecule has 2 rings (SSSR count). The summed E-state index contributed by atoms with van der Waals surface area (Å²) in [5.41, 5.74) is 2.43. The highest BCUT2D eigenvalue weighted by Gasteiger charge is 2.13. The molecule has 0 bridgehead atoms.